The van der Waals surface area contributed by atoms with E-state index in [0.29, 0.717) is 17.6 Å². The summed E-state index contributed by atoms with van der Waals surface area (Å²) in [4.78, 5) is 0. The van der Waals surface area contributed by atoms with Crippen LogP contribution in [0.3, 0.4) is 0 Å². The Labute approximate surface area is 128 Å². The van der Waals surface area contributed by atoms with Gasteiger partial charge in [0, 0.05) is 31.3 Å². The van der Waals surface area contributed by atoms with Crippen molar-refractivity contribution in [3.63, 3.8) is 0 Å². The molecule has 2 aliphatic rings. The van der Waals surface area contributed by atoms with E-state index in [2.05, 4.69) is 30.5 Å². The topological polar surface area (TPSA) is 39.1 Å². The van der Waals surface area contributed by atoms with E-state index < -0.39 is 0 Å². The molecular weight excluding hydrogens is 262 g/mol. The Morgan fingerprint density at radius 2 is 2.10 bits per heavy atom. The van der Waals surface area contributed by atoms with Crippen molar-refractivity contribution in [2.45, 2.75) is 70.9 Å². The third-order valence-electron chi connectivity index (χ3n) is 5.51. The standard InChI is InChI=1S/C17H29N3O/c1-4-13-14(12-20(3)19-13)18-15-11-16(21-5-2)17(15)9-7-6-8-10-17/h12,15-16,18H,4-11H2,1-3H3. The molecule has 1 heterocycles. The fraction of sp³-hybridized carbons (Fsp3) is 0.824. The largest absolute Gasteiger partial charge is 0.379 e. The predicted molar refractivity (Wildman–Crippen MR) is 85.5 cm³/mol. The Bertz CT molecular complexity index is 476. The van der Waals surface area contributed by atoms with Gasteiger partial charge >= 0.3 is 0 Å². The van der Waals surface area contributed by atoms with Crippen LogP contribution >= 0.6 is 0 Å². The smallest absolute Gasteiger partial charge is 0.0853 e. The molecule has 118 valence electrons. The molecule has 1 N–H and O–H groups in total. The summed E-state index contributed by atoms with van der Waals surface area (Å²) >= 11 is 0. The first-order chi connectivity index (χ1) is 10.2. The quantitative estimate of drug-likeness (QED) is 0.902. The van der Waals surface area contributed by atoms with Crippen LogP contribution < -0.4 is 5.32 Å². The lowest BCUT2D eigenvalue weighted by Crippen LogP contribution is -2.62. The Balaban J connectivity index is 1.75. The number of ether oxygens (including phenoxy) is 1. The monoisotopic (exact) mass is 291 g/mol. The number of hydrogen-bond acceptors (Lipinski definition) is 3. The molecule has 4 heteroatoms. The molecule has 21 heavy (non-hydrogen) atoms. The van der Waals surface area contributed by atoms with Crippen molar-refractivity contribution in [1.82, 2.24) is 9.78 Å². The zero-order chi connectivity index (χ0) is 14.9. The molecule has 0 bridgehead atoms. The Morgan fingerprint density at radius 3 is 2.76 bits per heavy atom. The first kappa shape index (κ1) is 14.9. The van der Waals surface area contributed by atoms with Gasteiger partial charge in [0.25, 0.3) is 0 Å². The lowest BCUT2D eigenvalue weighted by molar-refractivity contribution is -0.134. The maximum absolute atomic E-state index is 6.04. The van der Waals surface area contributed by atoms with Crippen LogP contribution in [0.2, 0.25) is 0 Å². The van der Waals surface area contributed by atoms with Crippen LogP contribution in [0.15, 0.2) is 6.20 Å². The highest BCUT2D eigenvalue weighted by Crippen LogP contribution is 2.54. The van der Waals surface area contributed by atoms with Crippen molar-refractivity contribution in [1.29, 1.82) is 0 Å². The molecule has 2 saturated carbocycles. The van der Waals surface area contributed by atoms with Crippen LogP contribution in [0.1, 0.15) is 58.1 Å². The first-order valence-corrected chi connectivity index (χ1v) is 8.60. The van der Waals surface area contributed by atoms with E-state index in [1.165, 1.54) is 43.5 Å². The van der Waals surface area contributed by atoms with Gasteiger partial charge in [-0.3, -0.25) is 4.68 Å². The minimum absolute atomic E-state index is 0.370. The normalized spacial score (nSPS) is 27.6. The molecule has 2 aliphatic carbocycles. The summed E-state index contributed by atoms with van der Waals surface area (Å²) in [5.41, 5.74) is 2.78. The molecule has 4 nitrogen and oxygen atoms in total. The second-order valence-electron chi connectivity index (χ2n) is 6.69. The summed E-state index contributed by atoms with van der Waals surface area (Å²) in [6.45, 7) is 5.13. The molecule has 1 spiro atoms. The first-order valence-electron chi connectivity index (χ1n) is 8.60. The van der Waals surface area contributed by atoms with E-state index in [4.69, 9.17) is 4.74 Å². The zero-order valence-electron chi connectivity index (χ0n) is 13.7. The summed E-state index contributed by atoms with van der Waals surface area (Å²) in [5.74, 6) is 0. The van der Waals surface area contributed by atoms with E-state index >= 15 is 0 Å². The Morgan fingerprint density at radius 1 is 1.33 bits per heavy atom. The molecular formula is C17H29N3O. The Kier molecular flexibility index (Phi) is 4.25. The lowest BCUT2D eigenvalue weighted by Gasteiger charge is -2.58. The predicted octanol–water partition coefficient (Wildman–Crippen LogP) is 3.52. The molecule has 3 rings (SSSR count). The van der Waals surface area contributed by atoms with Gasteiger partial charge in [-0.05, 0) is 32.6 Å². The number of aromatic nitrogens is 2. The third kappa shape index (κ3) is 2.59. The van der Waals surface area contributed by atoms with Crippen molar-refractivity contribution < 1.29 is 4.74 Å². The highest BCUT2D eigenvalue weighted by molar-refractivity contribution is 5.48. The summed E-state index contributed by atoms with van der Waals surface area (Å²) in [6.07, 6.45) is 11.5. The zero-order valence-corrected chi connectivity index (χ0v) is 13.7. The van der Waals surface area contributed by atoms with Crippen molar-refractivity contribution >= 4 is 5.69 Å². The van der Waals surface area contributed by atoms with Crippen LogP contribution in [0.4, 0.5) is 5.69 Å². The van der Waals surface area contributed by atoms with Gasteiger partial charge < -0.3 is 10.1 Å². The molecule has 1 aromatic heterocycles. The molecule has 0 saturated heterocycles. The maximum Gasteiger partial charge on any atom is 0.0853 e. The number of anilines is 1. The van der Waals surface area contributed by atoms with Crippen molar-refractivity contribution in [3.8, 4) is 0 Å². The fourth-order valence-electron chi connectivity index (χ4n) is 4.37. The molecule has 2 fully saturated rings. The Hall–Kier alpha value is -1.03. The van der Waals surface area contributed by atoms with Gasteiger partial charge in [-0.25, -0.2) is 0 Å². The van der Waals surface area contributed by atoms with Gasteiger partial charge in [0.15, 0.2) is 0 Å². The SMILES string of the molecule is CCOC1CC(Nc2cn(C)nc2CC)C12CCCCC2. The second kappa shape index (κ2) is 5.99. The summed E-state index contributed by atoms with van der Waals surface area (Å²) in [5, 5.41) is 8.36. The van der Waals surface area contributed by atoms with E-state index in [1.54, 1.807) is 0 Å². The second-order valence-corrected chi connectivity index (χ2v) is 6.69. The highest BCUT2D eigenvalue weighted by atomic mass is 16.5. The van der Waals surface area contributed by atoms with Crippen molar-refractivity contribution in [2.75, 3.05) is 11.9 Å². The molecule has 0 aromatic carbocycles. The summed E-state index contributed by atoms with van der Waals surface area (Å²) in [6, 6.07) is 0.559. The summed E-state index contributed by atoms with van der Waals surface area (Å²) in [7, 11) is 2.00. The minimum Gasteiger partial charge on any atom is -0.379 e. The molecule has 0 radical (unpaired) electrons. The van der Waals surface area contributed by atoms with E-state index in [1.807, 2.05) is 11.7 Å². The van der Waals surface area contributed by atoms with Crippen molar-refractivity contribution in [2.24, 2.45) is 12.5 Å². The average Bonchev–Trinajstić information content (AvgIpc) is 2.87. The minimum atomic E-state index is 0.370. The van der Waals surface area contributed by atoms with Crippen LogP contribution in [0.25, 0.3) is 0 Å². The van der Waals surface area contributed by atoms with Gasteiger partial charge in [0.05, 0.1) is 17.5 Å². The molecule has 2 atom stereocenters. The van der Waals surface area contributed by atoms with Gasteiger partial charge in [-0.2, -0.15) is 5.10 Å². The number of nitrogens with one attached hydrogen (secondary N) is 1. The number of aryl methyl sites for hydroxylation is 2. The van der Waals surface area contributed by atoms with Crippen LogP contribution in [-0.4, -0.2) is 28.5 Å². The molecule has 2 unspecified atom stereocenters. The molecule has 0 amide bonds. The van der Waals surface area contributed by atoms with Crippen molar-refractivity contribution in [3.05, 3.63) is 11.9 Å². The van der Waals surface area contributed by atoms with E-state index in [-0.39, 0.29) is 0 Å². The maximum atomic E-state index is 6.04. The summed E-state index contributed by atoms with van der Waals surface area (Å²) < 4.78 is 7.96. The average molecular weight is 291 g/mol. The molecule has 1 aromatic rings. The van der Waals surface area contributed by atoms with Crippen LogP contribution in [0.5, 0.6) is 0 Å². The van der Waals surface area contributed by atoms with E-state index in [0.717, 1.165) is 19.4 Å². The number of hydrogen-bond donors (Lipinski definition) is 1. The third-order valence-corrected chi connectivity index (χ3v) is 5.51. The van der Waals surface area contributed by atoms with Gasteiger partial charge in [-0.1, -0.05) is 26.2 Å². The van der Waals surface area contributed by atoms with E-state index in [9.17, 15) is 0 Å². The van der Waals surface area contributed by atoms with Gasteiger partial charge in [0.1, 0.15) is 0 Å². The lowest BCUT2D eigenvalue weighted by atomic mass is 9.55. The van der Waals surface area contributed by atoms with Gasteiger partial charge in [0.2, 0.25) is 0 Å². The van der Waals surface area contributed by atoms with Crippen LogP contribution in [0, 0.1) is 5.41 Å². The molecule has 0 aliphatic heterocycles. The number of rotatable bonds is 5. The highest BCUT2D eigenvalue weighted by Gasteiger charge is 2.55. The fourth-order valence-corrected chi connectivity index (χ4v) is 4.37. The van der Waals surface area contributed by atoms with Crippen LogP contribution in [-0.2, 0) is 18.2 Å². The number of nitrogens with zero attached hydrogens (tertiary/aromatic N) is 2. The van der Waals surface area contributed by atoms with Gasteiger partial charge in [-0.15, -0.1) is 0 Å².